The number of carbonyl (C=O) groups excluding carboxylic acids is 1. The Labute approximate surface area is 152 Å². The molecule has 25 heavy (non-hydrogen) atoms. The minimum absolute atomic E-state index is 0.130. The van der Waals surface area contributed by atoms with Crippen molar-refractivity contribution in [3.05, 3.63) is 70.1 Å². The van der Waals surface area contributed by atoms with Crippen molar-refractivity contribution < 1.29 is 9.21 Å². The predicted octanol–water partition coefficient (Wildman–Crippen LogP) is 4.57. The molecule has 0 saturated carbocycles. The van der Waals surface area contributed by atoms with Gasteiger partial charge in [-0.25, -0.2) is 4.68 Å². The molecule has 4 aromatic rings. The van der Waals surface area contributed by atoms with E-state index in [0.29, 0.717) is 16.4 Å². The van der Waals surface area contributed by atoms with Crippen molar-refractivity contribution in [2.45, 2.75) is 13.5 Å². The number of nitrogens with zero attached hydrogens (tertiary/aromatic N) is 2. The van der Waals surface area contributed by atoms with Crippen LogP contribution in [0.25, 0.3) is 15.9 Å². The molecule has 7 heteroatoms. The van der Waals surface area contributed by atoms with Gasteiger partial charge < -0.3 is 9.73 Å². The summed E-state index contributed by atoms with van der Waals surface area (Å²) in [7, 11) is 0. The lowest BCUT2D eigenvalue weighted by Crippen LogP contribution is -2.21. The third-order valence-corrected chi connectivity index (χ3v) is 5.17. The highest BCUT2D eigenvalue weighted by Gasteiger charge is 2.17. The molecule has 3 heterocycles. The maximum absolute atomic E-state index is 12.4. The molecule has 1 aromatic carbocycles. The first-order valence-corrected chi connectivity index (χ1v) is 8.87. The Morgan fingerprint density at radius 1 is 1.32 bits per heavy atom. The fourth-order valence-corrected chi connectivity index (χ4v) is 3.89. The van der Waals surface area contributed by atoms with Crippen molar-refractivity contribution in [1.82, 2.24) is 15.1 Å². The van der Waals surface area contributed by atoms with Crippen LogP contribution in [0.4, 0.5) is 0 Å². The Morgan fingerprint density at radius 2 is 2.20 bits per heavy atom. The summed E-state index contributed by atoms with van der Waals surface area (Å²) in [4.78, 5) is 14.0. The van der Waals surface area contributed by atoms with Crippen molar-refractivity contribution in [2.24, 2.45) is 0 Å². The van der Waals surface area contributed by atoms with Crippen LogP contribution < -0.4 is 5.32 Å². The van der Waals surface area contributed by atoms with Gasteiger partial charge in [-0.1, -0.05) is 17.7 Å². The SMILES string of the molecule is Cc1nn(-c2cccc(Cl)c2)c2sc(C(=O)NCc3ccco3)cc12. The number of nitrogens with one attached hydrogen (secondary N) is 1. The van der Waals surface area contributed by atoms with Gasteiger partial charge in [0.15, 0.2) is 0 Å². The number of thiophene rings is 1. The van der Waals surface area contributed by atoms with Crippen LogP contribution in [0.5, 0.6) is 0 Å². The van der Waals surface area contributed by atoms with E-state index in [4.69, 9.17) is 16.0 Å². The third-order valence-electron chi connectivity index (χ3n) is 3.82. The fraction of sp³-hybridized carbons (Fsp3) is 0.111. The molecule has 126 valence electrons. The standard InChI is InChI=1S/C18H14ClN3O2S/c1-11-15-9-16(17(23)20-10-14-6-3-7-24-14)25-18(15)22(21-11)13-5-2-4-12(19)8-13/h2-9H,10H2,1H3,(H,20,23). The van der Waals surface area contributed by atoms with E-state index in [0.717, 1.165) is 27.4 Å². The van der Waals surface area contributed by atoms with E-state index in [9.17, 15) is 4.79 Å². The summed E-state index contributed by atoms with van der Waals surface area (Å²) < 4.78 is 7.06. The Morgan fingerprint density at radius 3 is 2.96 bits per heavy atom. The Bertz CT molecular complexity index is 1050. The van der Waals surface area contributed by atoms with Gasteiger partial charge in [0, 0.05) is 10.4 Å². The quantitative estimate of drug-likeness (QED) is 0.571. The zero-order valence-electron chi connectivity index (χ0n) is 13.3. The molecule has 0 aliphatic heterocycles. The van der Waals surface area contributed by atoms with Gasteiger partial charge in [-0.05, 0) is 43.3 Å². The lowest BCUT2D eigenvalue weighted by molar-refractivity contribution is 0.0952. The number of amides is 1. The summed E-state index contributed by atoms with van der Waals surface area (Å²) in [6.45, 7) is 2.29. The van der Waals surface area contributed by atoms with Gasteiger partial charge in [-0.3, -0.25) is 4.79 Å². The second kappa shape index (κ2) is 6.38. The number of hydrogen-bond donors (Lipinski definition) is 1. The van der Waals surface area contributed by atoms with Gasteiger partial charge in [-0.15, -0.1) is 11.3 Å². The second-order valence-electron chi connectivity index (χ2n) is 5.57. The molecule has 1 N–H and O–H groups in total. The zero-order valence-corrected chi connectivity index (χ0v) is 14.9. The van der Waals surface area contributed by atoms with E-state index in [1.807, 2.05) is 48.0 Å². The molecule has 0 bridgehead atoms. The maximum atomic E-state index is 12.4. The Kier molecular flexibility index (Phi) is 4.07. The average Bonchev–Trinajstić information content (AvgIpc) is 3.31. The van der Waals surface area contributed by atoms with Gasteiger partial charge in [0.1, 0.15) is 10.6 Å². The van der Waals surface area contributed by atoms with Crippen molar-refractivity contribution in [3.63, 3.8) is 0 Å². The van der Waals surface area contributed by atoms with E-state index in [-0.39, 0.29) is 5.91 Å². The second-order valence-corrected chi connectivity index (χ2v) is 7.04. The summed E-state index contributed by atoms with van der Waals surface area (Å²) in [6.07, 6.45) is 1.59. The van der Waals surface area contributed by atoms with E-state index in [2.05, 4.69) is 10.4 Å². The van der Waals surface area contributed by atoms with Crippen molar-refractivity contribution in [2.75, 3.05) is 0 Å². The molecule has 3 aromatic heterocycles. The van der Waals surface area contributed by atoms with Crippen LogP contribution in [0.15, 0.2) is 53.1 Å². The summed E-state index contributed by atoms with van der Waals surface area (Å²) in [5.74, 6) is 0.588. The highest BCUT2D eigenvalue weighted by Crippen LogP contribution is 2.31. The molecule has 0 aliphatic rings. The number of benzene rings is 1. The van der Waals surface area contributed by atoms with Gasteiger partial charge in [-0.2, -0.15) is 5.10 Å². The lowest BCUT2D eigenvalue weighted by Gasteiger charge is -2.03. The van der Waals surface area contributed by atoms with E-state index < -0.39 is 0 Å². The monoisotopic (exact) mass is 371 g/mol. The first-order valence-electron chi connectivity index (χ1n) is 7.67. The van der Waals surface area contributed by atoms with Crippen LogP contribution in [0.3, 0.4) is 0 Å². The summed E-state index contributed by atoms with van der Waals surface area (Å²) >= 11 is 7.49. The molecule has 0 aliphatic carbocycles. The number of hydrogen-bond acceptors (Lipinski definition) is 4. The zero-order chi connectivity index (χ0) is 17.4. The third kappa shape index (κ3) is 3.06. The van der Waals surface area contributed by atoms with Crippen LogP contribution in [-0.2, 0) is 6.54 Å². The molecular formula is C18H14ClN3O2S. The molecular weight excluding hydrogens is 358 g/mol. The number of aromatic nitrogens is 2. The van der Waals surface area contributed by atoms with Gasteiger partial charge in [0.05, 0.1) is 29.1 Å². The van der Waals surface area contributed by atoms with E-state index in [1.54, 1.807) is 12.3 Å². The van der Waals surface area contributed by atoms with Gasteiger partial charge >= 0.3 is 0 Å². The molecule has 0 radical (unpaired) electrons. The molecule has 1 amide bonds. The number of fused-ring (bicyclic) bond motifs is 1. The van der Waals surface area contributed by atoms with E-state index >= 15 is 0 Å². The summed E-state index contributed by atoms with van der Waals surface area (Å²) in [6, 6.07) is 13.0. The lowest BCUT2D eigenvalue weighted by atomic mass is 10.3. The van der Waals surface area contributed by atoms with Gasteiger partial charge in [0.2, 0.25) is 0 Å². The minimum Gasteiger partial charge on any atom is -0.467 e. The predicted molar refractivity (Wildman–Crippen MR) is 98.6 cm³/mol. The van der Waals surface area contributed by atoms with Crippen molar-refractivity contribution in [1.29, 1.82) is 0 Å². The largest absolute Gasteiger partial charge is 0.467 e. The van der Waals surface area contributed by atoms with Crippen LogP contribution in [0.1, 0.15) is 21.1 Å². The summed E-state index contributed by atoms with van der Waals surface area (Å²) in [5.41, 5.74) is 1.74. The Hall–Kier alpha value is -2.57. The Balaban J connectivity index is 1.66. The summed E-state index contributed by atoms with van der Waals surface area (Å²) in [5, 5.41) is 9.05. The van der Waals surface area contributed by atoms with Gasteiger partial charge in [0.25, 0.3) is 5.91 Å². The molecule has 5 nitrogen and oxygen atoms in total. The highest BCUT2D eigenvalue weighted by atomic mass is 35.5. The van der Waals surface area contributed by atoms with E-state index in [1.165, 1.54) is 11.3 Å². The smallest absolute Gasteiger partial charge is 0.261 e. The number of furan rings is 1. The first-order chi connectivity index (χ1) is 12.1. The highest BCUT2D eigenvalue weighted by molar-refractivity contribution is 7.20. The van der Waals surface area contributed by atoms with Crippen LogP contribution in [0, 0.1) is 6.92 Å². The topological polar surface area (TPSA) is 60.1 Å². The van der Waals surface area contributed by atoms with Crippen LogP contribution >= 0.6 is 22.9 Å². The minimum atomic E-state index is -0.130. The van der Waals surface area contributed by atoms with Crippen LogP contribution in [0.2, 0.25) is 5.02 Å². The van der Waals surface area contributed by atoms with Crippen molar-refractivity contribution in [3.8, 4) is 5.69 Å². The fourth-order valence-electron chi connectivity index (χ4n) is 2.61. The van der Waals surface area contributed by atoms with Crippen molar-refractivity contribution >= 4 is 39.1 Å². The molecule has 0 unspecified atom stereocenters. The number of halogens is 1. The molecule has 0 atom stereocenters. The molecule has 0 saturated heterocycles. The maximum Gasteiger partial charge on any atom is 0.261 e. The number of carbonyl (C=O) groups is 1. The number of aryl methyl sites for hydroxylation is 1. The average molecular weight is 372 g/mol. The molecule has 0 spiro atoms. The molecule has 4 rings (SSSR count). The first kappa shape index (κ1) is 15.9. The number of rotatable bonds is 4. The van der Waals surface area contributed by atoms with Crippen LogP contribution in [-0.4, -0.2) is 15.7 Å². The normalized spacial score (nSPS) is 11.1. The molecule has 0 fully saturated rings.